The number of rotatable bonds is 3. The molecule has 5 nitrogen and oxygen atoms in total. The van der Waals surface area contributed by atoms with Gasteiger partial charge in [0.15, 0.2) is 0 Å². The van der Waals surface area contributed by atoms with Gasteiger partial charge in [0.05, 0.1) is 5.56 Å². The standard InChI is InChI=1S/C15H22N2O3/c1-15(5-7-17(2)8-6-15)10-16-14(20)12-4-3-11(18)9-13(12)19/h3-4,9,18-19H,5-8,10H2,1-2H3,(H,16,20). The third-order valence-electron chi connectivity index (χ3n) is 4.10. The van der Waals surface area contributed by atoms with Crippen molar-refractivity contribution in [2.24, 2.45) is 5.41 Å². The lowest BCUT2D eigenvalue weighted by atomic mass is 9.80. The molecule has 0 aromatic heterocycles. The summed E-state index contributed by atoms with van der Waals surface area (Å²) in [5, 5.41) is 21.8. The van der Waals surface area contributed by atoms with Gasteiger partial charge in [0, 0.05) is 12.6 Å². The molecule has 1 aliphatic rings. The van der Waals surface area contributed by atoms with Gasteiger partial charge < -0.3 is 20.4 Å². The molecule has 1 fully saturated rings. The summed E-state index contributed by atoms with van der Waals surface area (Å²) in [4.78, 5) is 14.3. The predicted octanol–water partition coefficient (Wildman–Crippen LogP) is 1.56. The van der Waals surface area contributed by atoms with Crippen LogP contribution in [0, 0.1) is 5.41 Å². The third kappa shape index (κ3) is 3.42. The average molecular weight is 278 g/mol. The van der Waals surface area contributed by atoms with Gasteiger partial charge in [-0.05, 0) is 50.5 Å². The number of likely N-dealkylation sites (tertiary alicyclic amines) is 1. The average Bonchev–Trinajstić information content (AvgIpc) is 2.40. The van der Waals surface area contributed by atoms with Gasteiger partial charge in [-0.3, -0.25) is 4.79 Å². The minimum atomic E-state index is -0.303. The summed E-state index contributed by atoms with van der Waals surface area (Å²) >= 11 is 0. The fourth-order valence-electron chi connectivity index (χ4n) is 2.44. The Kier molecular flexibility index (Phi) is 4.18. The zero-order valence-corrected chi connectivity index (χ0v) is 12.0. The maximum absolute atomic E-state index is 12.1. The first-order chi connectivity index (χ1) is 9.39. The van der Waals surface area contributed by atoms with Crippen molar-refractivity contribution in [3.63, 3.8) is 0 Å². The highest BCUT2D eigenvalue weighted by Crippen LogP contribution is 2.30. The Morgan fingerprint density at radius 3 is 2.60 bits per heavy atom. The summed E-state index contributed by atoms with van der Waals surface area (Å²) in [6, 6.07) is 4.00. The Hall–Kier alpha value is -1.75. The summed E-state index contributed by atoms with van der Waals surface area (Å²) in [5.74, 6) is -0.556. The van der Waals surface area contributed by atoms with Crippen molar-refractivity contribution < 1.29 is 15.0 Å². The van der Waals surface area contributed by atoms with Crippen LogP contribution in [0.2, 0.25) is 0 Å². The van der Waals surface area contributed by atoms with Crippen LogP contribution in [0.3, 0.4) is 0 Å². The van der Waals surface area contributed by atoms with Crippen molar-refractivity contribution in [2.75, 3.05) is 26.7 Å². The van der Waals surface area contributed by atoms with Gasteiger partial charge in [-0.2, -0.15) is 0 Å². The number of phenolic OH excluding ortho intramolecular Hbond substituents is 2. The topological polar surface area (TPSA) is 72.8 Å². The maximum Gasteiger partial charge on any atom is 0.255 e. The molecule has 0 unspecified atom stereocenters. The van der Waals surface area contributed by atoms with E-state index in [9.17, 15) is 15.0 Å². The second-order valence-corrected chi connectivity index (χ2v) is 6.00. The third-order valence-corrected chi connectivity index (χ3v) is 4.10. The first-order valence-electron chi connectivity index (χ1n) is 6.88. The molecular weight excluding hydrogens is 256 g/mol. The molecule has 110 valence electrons. The van der Waals surface area contributed by atoms with Crippen LogP contribution in [0.5, 0.6) is 11.5 Å². The molecule has 0 saturated carbocycles. The fraction of sp³-hybridized carbons (Fsp3) is 0.533. The Balaban J connectivity index is 1.95. The van der Waals surface area contributed by atoms with Crippen molar-refractivity contribution in [2.45, 2.75) is 19.8 Å². The molecule has 0 radical (unpaired) electrons. The number of nitrogens with zero attached hydrogens (tertiary/aromatic N) is 1. The highest BCUT2D eigenvalue weighted by atomic mass is 16.3. The lowest BCUT2D eigenvalue weighted by molar-refractivity contribution is 0.0889. The summed E-state index contributed by atoms with van der Waals surface area (Å²) in [5.41, 5.74) is 0.300. The van der Waals surface area contributed by atoms with E-state index < -0.39 is 0 Å². The van der Waals surface area contributed by atoms with E-state index in [0.29, 0.717) is 6.54 Å². The van der Waals surface area contributed by atoms with Gasteiger partial charge in [0.25, 0.3) is 5.91 Å². The van der Waals surface area contributed by atoms with Crippen LogP contribution in [0.15, 0.2) is 18.2 Å². The Labute approximate surface area is 119 Å². The van der Waals surface area contributed by atoms with E-state index in [1.165, 1.54) is 18.2 Å². The lowest BCUT2D eigenvalue weighted by Crippen LogP contribution is -2.43. The molecule has 3 N–H and O–H groups in total. The SMILES string of the molecule is CN1CCC(C)(CNC(=O)c2ccc(O)cc2O)CC1. The largest absolute Gasteiger partial charge is 0.508 e. The normalized spacial score (nSPS) is 18.7. The van der Waals surface area contributed by atoms with Gasteiger partial charge in [-0.1, -0.05) is 6.92 Å². The van der Waals surface area contributed by atoms with E-state index in [1.807, 2.05) is 0 Å². The van der Waals surface area contributed by atoms with Gasteiger partial charge in [0.1, 0.15) is 11.5 Å². The van der Waals surface area contributed by atoms with Crippen LogP contribution in [0.4, 0.5) is 0 Å². The molecule has 1 aromatic rings. The molecule has 20 heavy (non-hydrogen) atoms. The predicted molar refractivity (Wildman–Crippen MR) is 76.9 cm³/mol. The summed E-state index contributed by atoms with van der Waals surface area (Å²) in [6.07, 6.45) is 2.09. The lowest BCUT2D eigenvalue weighted by Gasteiger charge is -2.37. The van der Waals surface area contributed by atoms with Gasteiger partial charge in [0.2, 0.25) is 0 Å². The number of phenols is 2. The van der Waals surface area contributed by atoms with Crippen LogP contribution < -0.4 is 5.32 Å². The van der Waals surface area contributed by atoms with E-state index in [4.69, 9.17) is 0 Å². The minimum Gasteiger partial charge on any atom is -0.508 e. The van der Waals surface area contributed by atoms with Gasteiger partial charge in [-0.15, -0.1) is 0 Å². The van der Waals surface area contributed by atoms with E-state index in [2.05, 4.69) is 24.2 Å². The Bertz CT molecular complexity index is 494. The van der Waals surface area contributed by atoms with E-state index in [0.717, 1.165) is 25.9 Å². The smallest absolute Gasteiger partial charge is 0.255 e. The monoisotopic (exact) mass is 278 g/mol. The second kappa shape index (κ2) is 5.71. The van der Waals surface area contributed by atoms with Crippen molar-refractivity contribution in [3.8, 4) is 11.5 Å². The molecule has 1 aliphatic heterocycles. The van der Waals surface area contributed by atoms with Crippen molar-refractivity contribution in [3.05, 3.63) is 23.8 Å². The number of carbonyl (C=O) groups excluding carboxylic acids is 1. The quantitative estimate of drug-likeness (QED) is 0.784. The maximum atomic E-state index is 12.1. The van der Waals surface area contributed by atoms with Crippen LogP contribution in [0.1, 0.15) is 30.1 Å². The van der Waals surface area contributed by atoms with Crippen molar-refractivity contribution >= 4 is 5.91 Å². The van der Waals surface area contributed by atoms with E-state index in [1.54, 1.807) is 0 Å². The van der Waals surface area contributed by atoms with Gasteiger partial charge in [-0.25, -0.2) is 0 Å². The Morgan fingerprint density at radius 1 is 1.35 bits per heavy atom. The van der Waals surface area contributed by atoms with Gasteiger partial charge >= 0.3 is 0 Å². The number of nitrogens with one attached hydrogen (secondary N) is 1. The highest BCUT2D eigenvalue weighted by Gasteiger charge is 2.29. The first-order valence-corrected chi connectivity index (χ1v) is 6.88. The first kappa shape index (κ1) is 14.7. The van der Waals surface area contributed by atoms with Crippen LogP contribution in [0.25, 0.3) is 0 Å². The zero-order chi connectivity index (χ0) is 14.8. The number of amides is 1. The van der Waals surface area contributed by atoms with Crippen molar-refractivity contribution in [1.29, 1.82) is 0 Å². The number of carbonyl (C=O) groups is 1. The molecule has 1 aromatic carbocycles. The molecule has 1 saturated heterocycles. The molecule has 2 rings (SSSR count). The van der Waals surface area contributed by atoms with E-state index in [-0.39, 0.29) is 28.4 Å². The summed E-state index contributed by atoms with van der Waals surface area (Å²) < 4.78 is 0. The number of piperidine rings is 1. The second-order valence-electron chi connectivity index (χ2n) is 6.00. The molecule has 1 amide bonds. The van der Waals surface area contributed by atoms with Crippen LogP contribution in [-0.4, -0.2) is 47.7 Å². The minimum absolute atomic E-state index is 0.0543. The van der Waals surface area contributed by atoms with Crippen molar-refractivity contribution in [1.82, 2.24) is 10.2 Å². The Morgan fingerprint density at radius 2 is 2.00 bits per heavy atom. The molecule has 0 spiro atoms. The number of benzene rings is 1. The highest BCUT2D eigenvalue weighted by molar-refractivity contribution is 5.97. The fourth-order valence-corrected chi connectivity index (χ4v) is 2.44. The summed E-state index contributed by atoms with van der Waals surface area (Å²) in [6.45, 7) is 4.85. The molecule has 0 bridgehead atoms. The van der Waals surface area contributed by atoms with E-state index >= 15 is 0 Å². The molecule has 5 heteroatoms. The molecule has 0 aliphatic carbocycles. The van der Waals surface area contributed by atoms with Crippen LogP contribution in [-0.2, 0) is 0 Å². The summed E-state index contributed by atoms with van der Waals surface area (Å²) in [7, 11) is 2.10. The zero-order valence-electron chi connectivity index (χ0n) is 12.0. The number of hydrogen-bond donors (Lipinski definition) is 3. The number of hydrogen-bond acceptors (Lipinski definition) is 4. The molecule has 1 heterocycles. The number of aromatic hydroxyl groups is 2. The molecular formula is C15H22N2O3. The molecule has 0 atom stereocenters. The van der Waals surface area contributed by atoms with Crippen LogP contribution >= 0.6 is 0 Å².